The highest BCUT2D eigenvalue weighted by atomic mass is 19.4. The number of rotatable bonds is 1. The Kier molecular flexibility index (Phi) is 2.65. The van der Waals surface area contributed by atoms with Crippen molar-refractivity contribution in [2.24, 2.45) is 0 Å². The summed E-state index contributed by atoms with van der Waals surface area (Å²) in [6.07, 6.45) is -4.94. The fourth-order valence-corrected chi connectivity index (χ4v) is 1.20. The van der Waals surface area contributed by atoms with Crippen molar-refractivity contribution in [3.63, 3.8) is 0 Å². The molecule has 1 aromatic carbocycles. The van der Waals surface area contributed by atoms with Crippen molar-refractivity contribution in [2.45, 2.75) is 13.1 Å². The maximum Gasteiger partial charge on any atom is 0.423 e. The molecule has 15 heavy (non-hydrogen) atoms. The molecule has 0 N–H and O–H groups in total. The van der Waals surface area contributed by atoms with E-state index in [1.54, 1.807) is 0 Å². The van der Waals surface area contributed by atoms with Gasteiger partial charge in [0.2, 0.25) is 5.82 Å². The Bertz CT molecular complexity index is 414. The molecule has 0 aliphatic heterocycles. The minimum atomic E-state index is -4.94. The Morgan fingerprint density at radius 2 is 1.87 bits per heavy atom. The molecular weight excluding hydrogens is 218 g/mol. The first-order chi connectivity index (χ1) is 6.75. The first-order valence-electron chi connectivity index (χ1n) is 3.76. The number of benzene rings is 1. The molecule has 1 rings (SSSR count). The minimum absolute atomic E-state index is 0.379. The van der Waals surface area contributed by atoms with Crippen LogP contribution in [0.5, 0.6) is 0 Å². The van der Waals surface area contributed by atoms with E-state index in [1.165, 1.54) is 0 Å². The third kappa shape index (κ3) is 2.05. The molecule has 0 radical (unpaired) electrons. The quantitative estimate of drug-likeness (QED) is 0.417. The van der Waals surface area contributed by atoms with Crippen molar-refractivity contribution in [1.29, 1.82) is 0 Å². The average molecular weight is 223 g/mol. The number of nitro benzene ring substituents is 1. The van der Waals surface area contributed by atoms with E-state index in [4.69, 9.17) is 0 Å². The average Bonchev–Trinajstić information content (AvgIpc) is 2.05. The first kappa shape index (κ1) is 11.4. The second-order valence-electron chi connectivity index (χ2n) is 2.84. The van der Waals surface area contributed by atoms with E-state index < -0.39 is 28.2 Å². The third-order valence-corrected chi connectivity index (χ3v) is 1.80. The topological polar surface area (TPSA) is 43.1 Å². The van der Waals surface area contributed by atoms with Gasteiger partial charge in [0, 0.05) is 0 Å². The van der Waals surface area contributed by atoms with Crippen molar-refractivity contribution in [2.75, 3.05) is 0 Å². The molecule has 1 aromatic rings. The number of nitrogens with zero attached hydrogens (tertiary/aromatic N) is 1. The molecule has 0 aliphatic carbocycles. The molecule has 82 valence electrons. The zero-order chi connectivity index (χ0) is 11.8. The van der Waals surface area contributed by atoms with Crippen LogP contribution in [0.25, 0.3) is 0 Å². The summed E-state index contributed by atoms with van der Waals surface area (Å²) in [5, 5.41) is 10.3. The Morgan fingerprint density at radius 1 is 1.33 bits per heavy atom. The molecule has 0 atom stereocenters. The number of aryl methyl sites for hydroxylation is 1. The monoisotopic (exact) mass is 223 g/mol. The lowest BCUT2D eigenvalue weighted by Crippen LogP contribution is -2.12. The highest BCUT2D eigenvalue weighted by Gasteiger charge is 2.41. The predicted octanol–water partition coefficient (Wildman–Crippen LogP) is 3.06. The molecule has 0 spiro atoms. The molecule has 0 bridgehead atoms. The molecule has 0 saturated heterocycles. The summed E-state index contributed by atoms with van der Waals surface area (Å²) in [4.78, 5) is 8.94. The lowest BCUT2D eigenvalue weighted by Gasteiger charge is -2.10. The van der Waals surface area contributed by atoms with E-state index >= 15 is 0 Å². The smallest absolute Gasteiger partial charge is 0.258 e. The summed E-state index contributed by atoms with van der Waals surface area (Å²) in [5.41, 5.74) is -3.44. The molecule has 7 heteroatoms. The Balaban J connectivity index is 3.60. The van der Waals surface area contributed by atoms with E-state index in [9.17, 15) is 27.7 Å². The Hall–Kier alpha value is -1.66. The zero-order valence-electron chi connectivity index (χ0n) is 7.43. The fraction of sp³-hybridized carbons (Fsp3) is 0.250. The van der Waals surface area contributed by atoms with Crippen LogP contribution in [0.15, 0.2) is 12.1 Å². The van der Waals surface area contributed by atoms with Gasteiger partial charge in [-0.3, -0.25) is 10.1 Å². The van der Waals surface area contributed by atoms with Crippen LogP contribution in [0, 0.1) is 22.9 Å². The largest absolute Gasteiger partial charge is 0.423 e. The van der Waals surface area contributed by atoms with Crippen LogP contribution in [0.1, 0.15) is 11.1 Å². The van der Waals surface area contributed by atoms with E-state index in [1.807, 2.05) is 0 Å². The molecule has 0 heterocycles. The molecule has 0 aromatic heterocycles. The van der Waals surface area contributed by atoms with Crippen LogP contribution < -0.4 is 0 Å². The Labute approximate surface area is 81.5 Å². The standard InChI is InChI=1S/C8H5F4NO2/c1-4-2-3-5(9)7(13(14)15)6(4)8(10,11)12/h2-3H,1H3. The SMILES string of the molecule is Cc1ccc(F)c([N+](=O)[O-])c1C(F)(F)F. The second kappa shape index (κ2) is 3.48. The highest BCUT2D eigenvalue weighted by molar-refractivity contribution is 5.48. The minimum Gasteiger partial charge on any atom is -0.258 e. The molecule has 0 aliphatic rings. The number of nitro groups is 1. The predicted molar refractivity (Wildman–Crippen MR) is 42.8 cm³/mol. The van der Waals surface area contributed by atoms with Crippen LogP contribution in [-0.4, -0.2) is 4.92 Å². The zero-order valence-corrected chi connectivity index (χ0v) is 7.43. The molecule has 0 saturated carbocycles. The van der Waals surface area contributed by atoms with Gasteiger partial charge in [0.05, 0.1) is 4.92 Å². The van der Waals surface area contributed by atoms with E-state index in [2.05, 4.69) is 0 Å². The second-order valence-corrected chi connectivity index (χ2v) is 2.84. The number of hydrogen-bond acceptors (Lipinski definition) is 2. The van der Waals surface area contributed by atoms with E-state index in [0.717, 1.165) is 13.0 Å². The molecule has 0 fully saturated rings. The summed E-state index contributed by atoms with van der Waals surface area (Å²) in [6.45, 7) is 1.04. The maximum atomic E-state index is 12.9. The van der Waals surface area contributed by atoms with Gasteiger partial charge in [-0.25, -0.2) is 0 Å². The summed E-state index contributed by atoms with van der Waals surface area (Å²) in [7, 11) is 0. The molecular formula is C8H5F4NO2. The van der Waals surface area contributed by atoms with Gasteiger partial charge in [0.1, 0.15) is 5.56 Å². The van der Waals surface area contributed by atoms with Crippen LogP contribution in [0.4, 0.5) is 23.2 Å². The summed E-state index contributed by atoms with van der Waals surface area (Å²) < 4.78 is 50.0. The van der Waals surface area contributed by atoms with Crippen LogP contribution >= 0.6 is 0 Å². The normalized spacial score (nSPS) is 11.5. The fourth-order valence-electron chi connectivity index (χ4n) is 1.20. The van der Waals surface area contributed by atoms with Crippen molar-refractivity contribution >= 4 is 5.69 Å². The van der Waals surface area contributed by atoms with Gasteiger partial charge in [-0.2, -0.15) is 17.6 Å². The third-order valence-electron chi connectivity index (χ3n) is 1.80. The van der Waals surface area contributed by atoms with Gasteiger partial charge < -0.3 is 0 Å². The molecule has 0 amide bonds. The number of alkyl halides is 3. The summed E-state index contributed by atoms with van der Waals surface area (Å²) >= 11 is 0. The molecule has 3 nitrogen and oxygen atoms in total. The van der Waals surface area contributed by atoms with Gasteiger partial charge in [-0.1, -0.05) is 6.07 Å². The Morgan fingerprint density at radius 3 is 2.20 bits per heavy atom. The van der Waals surface area contributed by atoms with Crippen LogP contribution in [0.3, 0.4) is 0 Å². The lowest BCUT2D eigenvalue weighted by molar-refractivity contribution is -0.390. The van der Waals surface area contributed by atoms with Gasteiger partial charge in [0.15, 0.2) is 0 Å². The highest BCUT2D eigenvalue weighted by Crippen LogP contribution is 2.39. The van der Waals surface area contributed by atoms with Gasteiger partial charge >= 0.3 is 11.9 Å². The van der Waals surface area contributed by atoms with E-state index in [0.29, 0.717) is 6.07 Å². The van der Waals surface area contributed by atoms with Gasteiger partial charge in [-0.05, 0) is 18.6 Å². The van der Waals surface area contributed by atoms with Crippen molar-refractivity contribution in [3.05, 3.63) is 39.2 Å². The number of halogens is 4. The van der Waals surface area contributed by atoms with Crippen LogP contribution in [-0.2, 0) is 6.18 Å². The summed E-state index contributed by atoms with van der Waals surface area (Å²) in [6, 6.07) is 1.49. The lowest BCUT2D eigenvalue weighted by atomic mass is 10.1. The van der Waals surface area contributed by atoms with Crippen molar-refractivity contribution < 1.29 is 22.5 Å². The van der Waals surface area contributed by atoms with Crippen molar-refractivity contribution in [3.8, 4) is 0 Å². The first-order valence-corrected chi connectivity index (χ1v) is 3.76. The maximum absolute atomic E-state index is 12.9. The molecule has 0 unspecified atom stereocenters. The number of hydrogen-bond donors (Lipinski definition) is 0. The summed E-state index contributed by atoms with van der Waals surface area (Å²) in [5.74, 6) is -1.49. The van der Waals surface area contributed by atoms with Crippen molar-refractivity contribution in [1.82, 2.24) is 0 Å². The van der Waals surface area contributed by atoms with E-state index in [-0.39, 0.29) is 5.56 Å². The van der Waals surface area contributed by atoms with Gasteiger partial charge in [0.25, 0.3) is 0 Å². The van der Waals surface area contributed by atoms with Crippen LogP contribution in [0.2, 0.25) is 0 Å². The van der Waals surface area contributed by atoms with Gasteiger partial charge in [-0.15, -0.1) is 0 Å².